The summed E-state index contributed by atoms with van der Waals surface area (Å²) in [5, 5.41) is 1.29. The summed E-state index contributed by atoms with van der Waals surface area (Å²) in [5.41, 5.74) is 8.30. The molecule has 1 atom stereocenters. The van der Waals surface area contributed by atoms with Crippen molar-refractivity contribution in [3.8, 4) is 0 Å². The Hall–Kier alpha value is -0.800. The topological polar surface area (TPSA) is 41.8 Å². The van der Waals surface area contributed by atoms with Crippen molar-refractivity contribution in [3.63, 3.8) is 0 Å². The lowest BCUT2D eigenvalue weighted by atomic mass is 10.1. The molecule has 0 radical (unpaired) electrons. The zero-order chi connectivity index (χ0) is 10.8. The van der Waals surface area contributed by atoms with E-state index in [1.54, 1.807) is 0 Å². The lowest BCUT2D eigenvalue weighted by Gasteiger charge is -2.04. The molecule has 0 fully saturated rings. The lowest BCUT2D eigenvalue weighted by Crippen LogP contribution is -2.15. The summed E-state index contributed by atoms with van der Waals surface area (Å²) in [4.78, 5) is 3.28. The van der Waals surface area contributed by atoms with E-state index >= 15 is 0 Å². The second-order valence-electron chi connectivity index (χ2n) is 3.99. The number of halogens is 1. The molecule has 1 heterocycles. The molecule has 0 aliphatic rings. The van der Waals surface area contributed by atoms with Crippen molar-refractivity contribution < 1.29 is 0 Å². The van der Waals surface area contributed by atoms with Crippen LogP contribution in [0.15, 0.2) is 28.9 Å². The number of H-pyrrole nitrogens is 1. The van der Waals surface area contributed by atoms with Gasteiger partial charge in [0.2, 0.25) is 0 Å². The van der Waals surface area contributed by atoms with Crippen LogP contribution in [0.2, 0.25) is 0 Å². The molecule has 2 nitrogen and oxygen atoms in total. The highest BCUT2D eigenvalue weighted by Crippen LogP contribution is 2.27. The van der Waals surface area contributed by atoms with Crippen LogP contribution in [0, 0.1) is 0 Å². The fourth-order valence-corrected chi connectivity index (χ4v) is 2.41. The second kappa shape index (κ2) is 4.37. The highest BCUT2D eigenvalue weighted by molar-refractivity contribution is 9.10. The zero-order valence-electron chi connectivity index (χ0n) is 8.76. The second-order valence-corrected chi connectivity index (χ2v) is 4.85. The first-order chi connectivity index (χ1) is 7.18. The lowest BCUT2D eigenvalue weighted by molar-refractivity contribution is 0.668. The molecule has 3 N–H and O–H groups in total. The van der Waals surface area contributed by atoms with Crippen LogP contribution in [0.25, 0.3) is 10.9 Å². The zero-order valence-corrected chi connectivity index (χ0v) is 10.3. The normalized spacial score (nSPS) is 13.3. The maximum atomic E-state index is 5.77. The molecular formula is C12H15BrN2. The maximum absolute atomic E-state index is 5.77. The van der Waals surface area contributed by atoms with Gasteiger partial charge >= 0.3 is 0 Å². The molecule has 2 rings (SSSR count). The minimum absolute atomic E-state index is 0.262. The molecule has 0 bridgehead atoms. The predicted molar refractivity (Wildman–Crippen MR) is 68.0 cm³/mol. The summed E-state index contributed by atoms with van der Waals surface area (Å²) in [5.74, 6) is 0. The minimum atomic E-state index is 0.262. The first-order valence-electron chi connectivity index (χ1n) is 5.18. The van der Waals surface area contributed by atoms with E-state index in [9.17, 15) is 0 Å². The molecule has 1 aromatic carbocycles. The number of aromatic amines is 1. The van der Waals surface area contributed by atoms with Gasteiger partial charge in [-0.15, -0.1) is 0 Å². The molecule has 0 spiro atoms. The van der Waals surface area contributed by atoms with Gasteiger partial charge in [-0.05, 0) is 37.5 Å². The van der Waals surface area contributed by atoms with Crippen LogP contribution in [-0.4, -0.2) is 11.0 Å². The Kier molecular flexibility index (Phi) is 3.12. The minimum Gasteiger partial charge on any atom is -0.361 e. The monoisotopic (exact) mass is 266 g/mol. The molecule has 2 aromatic rings. The molecule has 0 amide bonds. The van der Waals surface area contributed by atoms with Gasteiger partial charge in [-0.25, -0.2) is 0 Å². The van der Waals surface area contributed by atoms with Crippen LogP contribution in [0.1, 0.15) is 18.9 Å². The number of hydrogen-bond acceptors (Lipinski definition) is 1. The van der Waals surface area contributed by atoms with E-state index in [1.165, 1.54) is 16.5 Å². The highest BCUT2D eigenvalue weighted by atomic mass is 79.9. The number of benzene rings is 1. The van der Waals surface area contributed by atoms with Crippen molar-refractivity contribution >= 4 is 26.8 Å². The number of nitrogens with two attached hydrogens (primary N) is 1. The first kappa shape index (κ1) is 10.7. The van der Waals surface area contributed by atoms with Crippen LogP contribution >= 0.6 is 15.9 Å². The summed E-state index contributed by atoms with van der Waals surface area (Å²) < 4.78 is 1.15. The van der Waals surface area contributed by atoms with Gasteiger partial charge < -0.3 is 10.7 Å². The van der Waals surface area contributed by atoms with E-state index in [1.807, 2.05) is 13.0 Å². The van der Waals surface area contributed by atoms with Gasteiger partial charge in [-0.1, -0.05) is 22.0 Å². The van der Waals surface area contributed by atoms with Gasteiger partial charge in [0.25, 0.3) is 0 Å². The van der Waals surface area contributed by atoms with E-state index < -0.39 is 0 Å². The molecule has 1 unspecified atom stereocenters. The number of rotatable bonds is 3. The third-order valence-corrected chi connectivity index (χ3v) is 3.27. The number of aryl methyl sites for hydroxylation is 1. The van der Waals surface area contributed by atoms with Crippen LogP contribution in [0.4, 0.5) is 0 Å². The van der Waals surface area contributed by atoms with E-state index in [0.29, 0.717) is 0 Å². The molecule has 1 aromatic heterocycles. The summed E-state index contributed by atoms with van der Waals surface area (Å²) in [7, 11) is 0. The summed E-state index contributed by atoms with van der Waals surface area (Å²) in [6.45, 7) is 2.05. The molecule has 0 aliphatic heterocycles. The molecular weight excluding hydrogens is 252 g/mol. The van der Waals surface area contributed by atoms with Gasteiger partial charge in [0, 0.05) is 27.6 Å². The Labute approximate surface area is 98.0 Å². The van der Waals surface area contributed by atoms with Gasteiger partial charge in [0.05, 0.1) is 0 Å². The number of nitrogens with one attached hydrogen (secondary N) is 1. The third-order valence-electron chi connectivity index (χ3n) is 2.61. The standard InChI is InChI=1S/C12H15BrN2/c1-8(14)5-6-9-7-15-11-4-2-3-10(13)12(9)11/h2-4,7-8,15H,5-6,14H2,1H3. The highest BCUT2D eigenvalue weighted by Gasteiger charge is 2.07. The number of aromatic nitrogens is 1. The van der Waals surface area contributed by atoms with Crippen molar-refractivity contribution in [1.82, 2.24) is 4.98 Å². The molecule has 80 valence electrons. The Morgan fingerprint density at radius 3 is 3.00 bits per heavy atom. The molecule has 0 aliphatic carbocycles. The molecule has 15 heavy (non-hydrogen) atoms. The number of fused-ring (bicyclic) bond motifs is 1. The van der Waals surface area contributed by atoms with Gasteiger partial charge in [-0.2, -0.15) is 0 Å². The van der Waals surface area contributed by atoms with E-state index in [0.717, 1.165) is 17.3 Å². The van der Waals surface area contributed by atoms with Crippen molar-refractivity contribution in [3.05, 3.63) is 34.4 Å². The Morgan fingerprint density at radius 1 is 1.47 bits per heavy atom. The number of hydrogen-bond donors (Lipinski definition) is 2. The molecule has 0 saturated carbocycles. The van der Waals surface area contributed by atoms with Crippen molar-refractivity contribution in [2.45, 2.75) is 25.8 Å². The fourth-order valence-electron chi connectivity index (χ4n) is 1.79. The molecule has 3 heteroatoms. The quantitative estimate of drug-likeness (QED) is 0.880. The summed E-state index contributed by atoms with van der Waals surface area (Å²) in [6.07, 6.45) is 4.13. The van der Waals surface area contributed by atoms with Crippen LogP contribution < -0.4 is 5.73 Å². The first-order valence-corrected chi connectivity index (χ1v) is 5.98. The summed E-state index contributed by atoms with van der Waals surface area (Å²) in [6, 6.07) is 6.47. The third kappa shape index (κ3) is 2.24. The Bertz CT molecular complexity index is 460. The Balaban J connectivity index is 2.35. The van der Waals surface area contributed by atoms with Crippen LogP contribution in [0.5, 0.6) is 0 Å². The van der Waals surface area contributed by atoms with Crippen molar-refractivity contribution in [2.24, 2.45) is 5.73 Å². The van der Waals surface area contributed by atoms with E-state index in [4.69, 9.17) is 5.73 Å². The van der Waals surface area contributed by atoms with E-state index in [-0.39, 0.29) is 6.04 Å². The maximum Gasteiger partial charge on any atom is 0.0468 e. The van der Waals surface area contributed by atoms with Crippen molar-refractivity contribution in [2.75, 3.05) is 0 Å². The SMILES string of the molecule is CC(N)CCc1c[nH]c2cccc(Br)c12. The summed E-state index contributed by atoms with van der Waals surface area (Å²) >= 11 is 3.58. The molecule has 0 saturated heterocycles. The van der Waals surface area contributed by atoms with Crippen molar-refractivity contribution in [1.29, 1.82) is 0 Å². The largest absolute Gasteiger partial charge is 0.361 e. The van der Waals surface area contributed by atoms with Crippen LogP contribution in [0.3, 0.4) is 0 Å². The smallest absolute Gasteiger partial charge is 0.0468 e. The van der Waals surface area contributed by atoms with Gasteiger partial charge in [0.1, 0.15) is 0 Å². The average molecular weight is 267 g/mol. The van der Waals surface area contributed by atoms with Gasteiger partial charge in [-0.3, -0.25) is 0 Å². The van der Waals surface area contributed by atoms with Crippen LogP contribution in [-0.2, 0) is 6.42 Å². The van der Waals surface area contributed by atoms with E-state index in [2.05, 4.69) is 39.2 Å². The fraction of sp³-hybridized carbons (Fsp3) is 0.333. The van der Waals surface area contributed by atoms with Gasteiger partial charge in [0.15, 0.2) is 0 Å². The Morgan fingerprint density at radius 2 is 2.27 bits per heavy atom. The average Bonchev–Trinajstić information content (AvgIpc) is 2.59. The predicted octanol–water partition coefficient (Wildman–Crippen LogP) is 3.21.